The Balaban J connectivity index is 1.99. The van der Waals surface area contributed by atoms with Crippen LogP contribution in [0.15, 0.2) is 59.6 Å². The molecule has 0 aliphatic heterocycles. The van der Waals surface area contributed by atoms with Gasteiger partial charge in [0.05, 0.1) is 5.52 Å². The maximum Gasteiger partial charge on any atom is 0.264 e. The first-order valence-corrected chi connectivity index (χ1v) is 7.77. The molecule has 3 rings (SSSR count). The zero-order valence-corrected chi connectivity index (χ0v) is 11.9. The Kier molecular flexibility index (Phi) is 3.50. The van der Waals surface area contributed by atoms with Crippen molar-refractivity contribution in [1.82, 2.24) is 4.98 Å². The Hall–Kier alpha value is -2.54. The molecule has 0 saturated carbocycles. The lowest BCUT2D eigenvalue weighted by molar-refractivity contribution is 0.551. The standard InChI is InChI=1S/C15H10F2N2O2S/c16-11-3-6-15(13(17)9-11)22(20,21)19-12-4-5-14-10(8-12)2-1-7-18-14/h1-9,19H. The molecular weight excluding hydrogens is 310 g/mol. The Morgan fingerprint density at radius 3 is 2.59 bits per heavy atom. The van der Waals surface area contributed by atoms with Gasteiger partial charge in [-0.3, -0.25) is 9.71 Å². The van der Waals surface area contributed by atoms with Crippen molar-refractivity contribution in [3.05, 3.63) is 66.4 Å². The Morgan fingerprint density at radius 1 is 1.00 bits per heavy atom. The minimum absolute atomic E-state index is 0.268. The Morgan fingerprint density at radius 2 is 1.82 bits per heavy atom. The van der Waals surface area contributed by atoms with Crippen molar-refractivity contribution < 1.29 is 17.2 Å². The molecule has 1 N–H and O–H groups in total. The highest BCUT2D eigenvalue weighted by atomic mass is 32.2. The molecule has 3 aromatic rings. The van der Waals surface area contributed by atoms with Crippen LogP contribution in [0.2, 0.25) is 0 Å². The molecule has 0 atom stereocenters. The van der Waals surface area contributed by atoms with Crippen molar-refractivity contribution >= 4 is 26.6 Å². The summed E-state index contributed by atoms with van der Waals surface area (Å²) < 4.78 is 53.1. The Labute approximate surface area is 125 Å². The molecule has 1 aromatic heterocycles. The van der Waals surface area contributed by atoms with E-state index >= 15 is 0 Å². The molecule has 0 aliphatic rings. The van der Waals surface area contributed by atoms with Crippen LogP contribution in [-0.2, 0) is 10.0 Å². The lowest BCUT2D eigenvalue weighted by Gasteiger charge is -2.09. The van der Waals surface area contributed by atoms with Gasteiger partial charge in [0.2, 0.25) is 0 Å². The zero-order valence-electron chi connectivity index (χ0n) is 11.1. The number of benzene rings is 2. The maximum absolute atomic E-state index is 13.6. The molecule has 22 heavy (non-hydrogen) atoms. The van der Waals surface area contributed by atoms with E-state index in [1.54, 1.807) is 30.5 Å². The van der Waals surface area contributed by atoms with Crippen LogP contribution in [0.4, 0.5) is 14.5 Å². The molecule has 0 amide bonds. The van der Waals surface area contributed by atoms with Gasteiger partial charge in [-0.15, -0.1) is 0 Å². The molecule has 2 aromatic carbocycles. The zero-order chi connectivity index (χ0) is 15.7. The molecule has 0 bridgehead atoms. The summed E-state index contributed by atoms with van der Waals surface area (Å²) in [7, 11) is -4.14. The van der Waals surface area contributed by atoms with Crippen molar-refractivity contribution in [2.24, 2.45) is 0 Å². The van der Waals surface area contributed by atoms with Crippen LogP contribution >= 0.6 is 0 Å². The van der Waals surface area contributed by atoms with Gasteiger partial charge in [0.25, 0.3) is 10.0 Å². The summed E-state index contributed by atoms with van der Waals surface area (Å²) in [4.78, 5) is 3.51. The molecular formula is C15H10F2N2O2S. The molecule has 1 heterocycles. The van der Waals surface area contributed by atoms with Crippen molar-refractivity contribution in [3.8, 4) is 0 Å². The fraction of sp³-hybridized carbons (Fsp3) is 0. The van der Waals surface area contributed by atoms with Gasteiger partial charge in [0, 0.05) is 23.3 Å². The van der Waals surface area contributed by atoms with Crippen LogP contribution in [0.25, 0.3) is 10.9 Å². The summed E-state index contributed by atoms with van der Waals surface area (Å²) in [5.41, 5.74) is 0.975. The van der Waals surface area contributed by atoms with Crippen molar-refractivity contribution in [3.63, 3.8) is 0 Å². The molecule has 0 spiro atoms. The average Bonchev–Trinajstić information content (AvgIpc) is 2.46. The fourth-order valence-electron chi connectivity index (χ4n) is 2.04. The van der Waals surface area contributed by atoms with Gasteiger partial charge in [-0.2, -0.15) is 0 Å². The van der Waals surface area contributed by atoms with E-state index in [0.29, 0.717) is 11.6 Å². The third-order valence-electron chi connectivity index (χ3n) is 3.04. The lowest BCUT2D eigenvalue weighted by Crippen LogP contribution is -2.14. The quantitative estimate of drug-likeness (QED) is 0.805. The predicted octanol–water partition coefficient (Wildman–Crippen LogP) is 3.31. The summed E-state index contributed by atoms with van der Waals surface area (Å²) in [5, 5.41) is 0.738. The van der Waals surface area contributed by atoms with Crippen molar-refractivity contribution in [1.29, 1.82) is 0 Å². The smallest absolute Gasteiger partial charge is 0.264 e. The average molecular weight is 320 g/mol. The number of pyridine rings is 1. The van der Waals surface area contributed by atoms with E-state index in [4.69, 9.17) is 0 Å². The first kappa shape index (κ1) is 14.4. The van der Waals surface area contributed by atoms with Gasteiger partial charge in [-0.1, -0.05) is 6.07 Å². The first-order valence-electron chi connectivity index (χ1n) is 6.28. The van der Waals surface area contributed by atoms with Gasteiger partial charge in [-0.25, -0.2) is 17.2 Å². The minimum atomic E-state index is -4.14. The van der Waals surface area contributed by atoms with E-state index in [0.717, 1.165) is 17.5 Å². The number of hydrogen-bond acceptors (Lipinski definition) is 3. The van der Waals surface area contributed by atoms with Crippen molar-refractivity contribution in [2.75, 3.05) is 4.72 Å². The molecule has 0 fully saturated rings. The van der Waals surface area contributed by atoms with Gasteiger partial charge >= 0.3 is 0 Å². The van der Waals surface area contributed by atoms with E-state index in [9.17, 15) is 17.2 Å². The number of anilines is 1. The third kappa shape index (κ3) is 2.75. The summed E-state index contributed by atoms with van der Waals surface area (Å²) in [6.45, 7) is 0. The molecule has 0 aliphatic carbocycles. The number of sulfonamides is 1. The number of hydrogen-bond donors (Lipinski definition) is 1. The highest BCUT2D eigenvalue weighted by Gasteiger charge is 2.19. The fourth-order valence-corrected chi connectivity index (χ4v) is 3.15. The molecule has 112 valence electrons. The second kappa shape index (κ2) is 5.34. The monoisotopic (exact) mass is 320 g/mol. The van der Waals surface area contributed by atoms with E-state index in [1.807, 2.05) is 0 Å². The van der Waals surface area contributed by atoms with Crippen LogP contribution < -0.4 is 4.72 Å². The van der Waals surface area contributed by atoms with E-state index in [1.165, 1.54) is 6.07 Å². The van der Waals surface area contributed by atoms with Gasteiger partial charge in [0.15, 0.2) is 0 Å². The molecule has 4 nitrogen and oxygen atoms in total. The van der Waals surface area contributed by atoms with Gasteiger partial charge in [-0.05, 0) is 36.4 Å². The van der Waals surface area contributed by atoms with E-state index in [-0.39, 0.29) is 5.69 Å². The summed E-state index contributed by atoms with van der Waals surface area (Å²) in [6, 6.07) is 10.6. The second-order valence-corrected chi connectivity index (χ2v) is 6.24. The van der Waals surface area contributed by atoms with Crippen LogP contribution in [0.1, 0.15) is 0 Å². The topological polar surface area (TPSA) is 59.1 Å². The molecule has 0 saturated heterocycles. The summed E-state index contributed by atoms with van der Waals surface area (Å²) in [5.74, 6) is -1.98. The van der Waals surface area contributed by atoms with Crippen LogP contribution in [0, 0.1) is 11.6 Å². The number of nitrogens with zero attached hydrogens (tertiary/aromatic N) is 1. The van der Waals surface area contributed by atoms with Crippen molar-refractivity contribution in [2.45, 2.75) is 4.90 Å². The second-order valence-electron chi connectivity index (χ2n) is 4.59. The molecule has 0 radical (unpaired) electrons. The maximum atomic E-state index is 13.6. The van der Waals surface area contributed by atoms with Gasteiger partial charge in [0.1, 0.15) is 16.5 Å². The normalized spacial score (nSPS) is 11.5. The number of fused-ring (bicyclic) bond motifs is 1. The minimum Gasteiger partial charge on any atom is -0.280 e. The summed E-state index contributed by atoms with van der Waals surface area (Å²) in [6.07, 6.45) is 1.63. The summed E-state index contributed by atoms with van der Waals surface area (Å²) >= 11 is 0. The van der Waals surface area contributed by atoms with E-state index < -0.39 is 26.6 Å². The van der Waals surface area contributed by atoms with Gasteiger partial charge < -0.3 is 0 Å². The van der Waals surface area contributed by atoms with Crippen LogP contribution in [0.3, 0.4) is 0 Å². The van der Waals surface area contributed by atoms with Crippen LogP contribution in [0.5, 0.6) is 0 Å². The largest absolute Gasteiger partial charge is 0.280 e. The number of halogens is 2. The first-order chi connectivity index (χ1) is 10.5. The third-order valence-corrected chi connectivity index (χ3v) is 4.45. The number of nitrogens with one attached hydrogen (secondary N) is 1. The van der Waals surface area contributed by atoms with E-state index in [2.05, 4.69) is 9.71 Å². The lowest BCUT2D eigenvalue weighted by atomic mass is 10.2. The predicted molar refractivity (Wildman–Crippen MR) is 78.9 cm³/mol. The highest BCUT2D eigenvalue weighted by molar-refractivity contribution is 7.92. The number of rotatable bonds is 3. The highest BCUT2D eigenvalue weighted by Crippen LogP contribution is 2.22. The SMILES string of the molecule is O=S(=O)(Nc1ccc2ncccc2c1)c1ccc(F)cc1F. The Bertz CT molecular complexity index is 959. The van der Waals surface area contributed by atoms with Crippen LogP contribution in [-0.4, -0.2) is 13.4 Å². The number of aromatic nitrogens is 1. The molecule has 7 heteroatoms. The molecule has 0 unspecified atom stereocenters.